The van der Waals surface area contributed by atoms with E-state index in [1.54, 1.807) is 18.9 Å². The maximum Gasteiger partial charge on any atom is 0.310 e. The minimum Gasteiger partial charge on any atom is -0.497 e. The molecule has 3 rings (SSSR count). The van der Waals surface area contributed by atoms with E-state index in [1.807, 2.05) is 37.3 Å². The monoisotopic (exact) mass is 357 g/mol. The van der Waals surface area contributed by atoms with Gasteiger partial charge in [-0.2, -0.15) is 0 Å². The van der Waals surface area contributed by atoms with Gasteiger partial charge in [0.1, 0.15) is 5.75 Å². The number of carboxylic acid groups (broad SMARTS) is 1. The lowest BCUT2D eigenvalue weighted by atomic mass is 9.90. The molecule has 1 heterocycles. The Morgan fingerprint density at radius 2 is 2.08 bits per heavy atom. The molecule has 1 aliphatic rings. The van der Waals surface area contributed by atoms with Crippen molar-refractivity contribution in [1.82, 2.24) is 4.90 Å². The molecule has 0 aliphatic carbocycles. The molecule has 0 bridgehead atoms. The van der Waals surface area contributed by atoms with Gasteiger partial charge in [0.25, 0.3) is 0 Å². The first-order chi connectivity index (χ1) is 12.0. The third kappa shape index (κ3) is 4.17. The van der Waals surface area contributed by atoms with Crippen LogP contribution in [0.25, 0.3) is 0 Å². The fourth-order valence-corrected chi connectivity index (χ4v) is 4.12. The van der Waals surface area contributed by atoms with E-state index >= 15 is 0 Å². The first-order valence-corrected chi connectivity index (χ1v) is 9.17. The van der Waals surface area contributed by atoms with Gasteiger partial charge in [-0.05, 0) is 49.7 Å². The number of nitrogens with zero attached hydrogens (tertiary/aromatic N) is 1. The van der Waals surface area contributed by atoms with Crippen molar-refractivity contribution in [2.45, 2.75) is 29.7 Å². The predicted octanol–water partition coefficient (Wildman–Crippen LogP) is 4.14. The van der Waals surface area contributed by atoms with Crippen LogP contribution in [0.1, 0.15) is 18.9 Å². The summed E-state index contributed by atoms with van der Waals surface area (Å²) in [5, 5.41) is 9.41. The predicted molar refractivity (Wildman–Crippen MR) is 99.2 cm³/mol. The second kappa shape index (κ2) is 7.50. The van der Waals surface area contributed by atoms with Gasteiger partial charge in [0, 0.05) is 22.9 Å². The molecule has 4 nitrogen and oxygen atoms in total. The van der Waals surface area contributed by atoms with E-state index in [-0.39, 0.29) is 0 Å². The highest BCUT2D eigenvalue weighted by atomic mass is 32.2. The molecule has 1 N–H and O–H groups in total. The van der Waals surface area contributed by atoms with Gasteiger partial charge in [-0.3, -0.25) is 9.69 Å². The third-order valence-corrected chi connectivity index (χ3v) is 5.81. The highest BCUT2D eigenvalue weighted by Gasteiger charge is 2.40. The van der Waals surface area contributed by atoms with Crippen LogP contribution in [-0.2, 0) is 11.3 Å². The Balaban J connectivity index is 1.74. The molecular weight excluding hydrogens is 334 g/mol. The minimum absolute atomic E-state index is 0.598. The van der Waals surface area contributed by atoms with Crippen LogP contribution in [0.4, 0.5) is 0 Å². The van der Waals surface area contributed by atoms with Crippen molar-refractivity contribution in [3.05, 3.63) is 54.1 Å². The Morgan fingerprint density at radius 1 is 1.28 bits per heavy atom. The van der Waals surface area contributed by atoms with E-state index in [2.05, 4.69) is 23.1 Å². The quantitative estimate of drug-likeness (QED) is 0.842. The minimum atomic E-state index is -0.700. The number of aliphatic carboxylic acids is 1. The lowest BCUT2D eigenvalue weighted by Gasteiger charge is -2.21. The smallest absolute Gasteiger partial charge is 0.310 e. The van der Waals surface area contributed by atoms with Gasteiger partial charge in [-0.25, -0.2) is 0 Å². The average Bonchev–Trinajstić information content (AvgIpc) is 2.99. The van der Waals surface area contributed by atoms with Crippen molar-refractivity contribution in [1.29, 1.82) is 0 Å². The number of hydrogen-bond acceptors (Lipinski definition) is 4. The van der Waals surface area contributed by atoms with E-state index < -0.39 is 11.4 Å². The number of ether oxygens (including phenoxy) is 1. The average molecular weight is 357 g/mol. The summed E-state index contributed by atoms with van der Waals surface area (Å²) in [4.78, 5) is 16.0. The molecule has 5 heteroatoms. The summed E-state index contributed by atoms with van der Waals surface area (Å²) < 4.78 is 5.30. The molecule has 2 aromatic carbocycles. The van der Waals surface area contributed by atoms with E-state index in [9.17, 15) is 9.90 Å². The summed E-state index contributed by atoms with van der Waals surface area (Å²) in [5.74, 6) is 0.147. The summed E-state index contributed by atoms with van der Waals surface area (Å²) in [5.41, 5.74) is 0.597. The number of likely N-dealkylation sites (tertiary alicyclic amines) is 1. The van der Waals surface area contributed by atoms with Gasteiger partial charge >= 0.3 is 5.97 Å². The van der Waals surface area contributed by atoms with Gasteiger partial charge < -0.3 is 9.84 Å². The SMILES string of the molecule is COc1cccc(Sc2ccccc2CN2CCC(C)(C(=O)O)C2)c1. The summed E-state index contributed by atoms with van der Waals surface area (Å²) in [6.45, 7) is 4.03. The maximum absolute atomic E-state index is 11.4. The zero-order valence-electron chi connectivity index (χ0n) is 14.6. The molecule has 1 aliphatic heterocycles. The molecule has 2 aromatic rings. The lowest BCUT2D eigenvalue weighted by molar-refractivity contribution is -0.147. The van der Waals surface area contributed by atoms with Crippen LogP contribution in [0.5, 0.6) is 5.75 Å². The van der Waals surface area contributed by atoms with Crippen LogP contribution >= 0.6 is 11.8 Å². The molecule has 1 unspecified atom stereocenters. The summed E-state index contributed by atoms with van der Waals surface area (Å²) in [7, 11) is 1.67. The first kappa shape index (κ1) is 17.8. The van der Waals surface area contributed by atoms with E-state index in [0.717, 1.165) is 23.7 Å². The van der Waals surface area contributed by atoms with Crippen LogP contribution in [-0.4, -0.2) is 36.2 Å². The third-order valence-electron chi connectivity index (χ3n) is 4.70. The Bertz CT molecular complexity index is 764. The fourth-order valence-electron chi connectivity index (χ4n) is 3.13. The fraction of sp³-hybridized carbons (Fsp3) is 0.350. The van der Waals surface area contributed by atoms with E-state index in [4.69, 9.17) is 4.74 Å². The number of hydrogen-bond donors (Lipinski definition) is 1. The largest absolute Gasteiger partial charge is 0.497 e. The van der Waals surface area contributed by atoms with Gasteiger partial charge in [0.05, 0.1) is 12.5 Å². The van der Waals surface area contributed by atoms with Crippen molar-refractivity contribution in [2.75, 3.05) is 20.2 Å². The van der Waals surface area contributed by atoms with Gasteiger partial charge in [0.15, 0.2) is 0 Å². The first-order valence-electron chi connectivity index (χ1n) is 8.36. The van der Waals surface area contributed by atoms with E-state index in [0.29, 0.717) is 13.0 Å². The maximum atomic E-state index is 11.4. The number of carboxylic acids is 1. The molecule has 132 valence electrons. The van der Waals surface area contributed by atoms with Crippen molar-refractivity contribution in [3.8, 4) is 5.75 Å². The standard InChI is InChI=1S/C20H23NO3S/c1-20(19(22)23)10-11-21(14-20)13-15-6-3-4-9-18(15)25-17-8-5-7-16(12-17)24-2/h3-9,12H,10-11,13-14H2,1-2H3,(H,22,23). The Hall–Kier alpha value is -1.98. The van der Waals surface area contributed by atoms with Crippen molar-refractivity contribution in [2.24, 2.45) is 5.41 Å². The molecule has 25 heavy (non-hydrogen) atoms. The topological polar surface area (TPSA) is 49.8 Å². The number of carbonyl (C=O) groups is 1. The molecule has 1 saturated heterocycles. The normalized spacial score (nSPS) is 20.6. The molecule has 0 aromatic heterocycles. The van der Waals surface area contributed by atoms with Gasteiger partial charge in [-0.1, -0.05) is 36.0 Å². The highest BCUT2D eigenvalue weighted by Crippen LogP contribution is 2.35. The van der Waals surface area contributed by atoms with Crippen LogP contribution < -0.4 is 4.74 Å². The zero-order valence-corrected chi connectivity index (χ0v) is 15.4. The number of benzene rings is 2. The molecule has 0 amide bonds. The van der Waals surface area contributed by atoms with Crippen LogP contribution in [0, 0.1) is 5.41 Å². The zero-order chi connectivity index (χ0) is 17.9. The summed E-state index contributed by atoms with van der Waals surface area (Å²) in [6.07, 6.45) is 0.702. The highest BCUT2D eigenvalue weighted by molar-refractivity contribution is 7.99. The Labute approximate surface area is 152 Å². The molecule has 1 fully saturated rings. The second-order valence-electron chi connectivity index (χ2n) is 6.72. The van der Waals surface area contributed by atoms with Crippen molar-refractivity contribution >= 4 is 17.7 Å². The molecule has 0 saturated carbocycles. The van der Waals surface area contributed by atoms with Crippen LogP contribution in [0.3, 0.4) is 0 Å². The molecule has 1 atom stereocenters. The second-order valence-corrected chi connectivity index (χ2v) is 7.83. The van der Waals surface area contributed by atoms with Crippen LogP contribution in [0.15, 0.2) is 58.3 Å². The van der Waals surface area contributed by atoms with Crippen LogP contribution in [0.2, 0.25) is 0 Å². The van der Waals surface area contributed by atoms with Crippen molar-refractivity contribution < 1.29 is 14.6 Å². The van der Waals surface area contributed by atoms with E-state index in [1.165, 1.54) is 10.5 Å². The number of rotatable bonds is 6. The van der Waals surface area contributed by atoms with Crippen molar-refractivity contribution in [3.63, 3.8) is 0 Å². The number of methoxy groups -OCH3 is 1. The Morgan fingerprint density at radius 3 is 2.80 bits per heavy atom. The lowest BCUT2D eigenvalue weighted by Crippen LogP contribution is -2.31. The molecule has 0 radical (unpaired) electrons. The Kier molecular flexibility index (Phi) is 5.35. The molecule has 0 spiro atoms. The summed E-state index contributed by atoms with van der Waals surface area (Å²) >= 11 is 1.71. The molecular formula is C20H23NO3S. The summed E-state index contributed by atoms with van der Waals surface area (Å²) in [6, 6.07) is 16.3. The van der Waals surface area contributed by atoms with Gasteiger partial charge in [0.2, 0.25) is 0 Å². The van der Waals surface area contributed by atoms with Gasteiger partial charge in [-0.15, -0.1) is 0 Å².